The predicted molar refractivity (Wildman–Crippen MR) is 56.2 cm³/mol. The van der Waals surface area contributed by atoms with Gasteiger partial charge in [0.25, 0.3) is 0 Å². The molecule has 1 aromatic heterocycles. The van der Waals surface area contributed by atoms with E-state index in [9.17, 15) is 0 Å². The quantitative estimate of drug-likeness (QED) is 0.721. The van der Waals surface area contributed by atoms with Crippen LogP contribution in [-0.2, 0) is 0 Å². The minimum atomic E-state index is 0.727. The first-order chi connectivity index (χ1) is 6.85. The van der Waals surface area contributed by atoms with Crippen LogP contribution in [0.5, 0.6) is 5.75 Å². The highest BCUT2D eigenvalue weighted by atomic mass is 16.5. The van der Waals surface area contributed by atoms with Gasteiger partial charge in [0.05, 0.1) is 13.3 Å². The highest BCUT2D eigenvalue weighted by Crippen LogP contribution is 2.25. The van der Waals surface area contributed by atoms with Crippen molar-refractivity contribution in [1.82, 2.24) is 10.2 Å². The molecule has 2 aromatic rings. The van der Waals surface area contributed by atoms with Crippen LogP contribution in [0.25, 0.3) is 17.0 Å². The van der Waals surface area contributed by atoms with E-state index in [1.165, 1.54) is 0 Å². The molecule has 0 unspecified atom stereocenters. The monoisotopic (exact) mass is 186 g/mol. The average Bonchev–Trinajstić information content (AvgIpc) is 2.27. The van der Waals surface area contributed by atoms with Gasteiger partial charge in [0.2, 0.25) is 0 Å². The third-order valence-corrected chi connectivity index (χ3v) is 2.06. The van der Waals surface area contributed by atoms with E-state index in [1.807, 2.05) is 18.2 Å². The summed E-state index contributed by atoms with van der Waals surface area (Å²) in [6.07, 6.45) is 3.44. The van der Waals surface area contributed by atoms with Crippen molar-refractivity contribution in [3.63, 3.8) is 0 Å². The molecule has 1 aromatic carbocycles. The Morgan fingerprint density at radius 2 is 2.29 bits per heavy atom. The minimum Gasteiger partial charge on any atom is -0.494 e. The Balaban J connectivity index is 2.79. The molecule has 0 radical (unpaired) electrons. The number of methoxy groups -OCH3 is 1. The Bertz CT molecular complexity index is 480. The first-order valence-corrected chi connectivity index (χ1v) is 4.27. The van der Waals surface area contributed by atoms with Crippen LogP contribution < -0.4 is 4.74 Å². The standard InChI is InChI=1S/C11H10N2O/c1-3-8-6-9-4-5-12-13-11(9)10(7-8)14-2/h3-7H,1H2,2H3. The molecule has 0 N–H and O–H groups in total. The van der Waals surface area contributed by atoms with E-state index in [2.05, 4.69) is 16.8 Å². The maximum absolute atomic E-state index is 5.22. The van der Waals surface area contributed by atoms with Crippen LogP contribution in [0.2, 0.25) is 0 Å². The molecule has 0 fully saturated rings. The Morgan fingerprint density at radius 3 is 3.00 bits per heavy atom. The fraction of sp³-hybridized carbons (Fsp3) is 0.0909. The lowest BCUT2D eigenvalue weighted by Gasteiger charge is -2.04. The maximum atomic E-state index is 5.22. The molecule has 0 aliphatic heterocycles. The van der Waals surface area contributed by atoms with Crippen LogP contribution >= 0.6 is 0 Å². The molecule has 0 spiro atoms. The van der Waals surface area contributed by atoms with Gasteiger partial charge >= 0.3 is 0 Å². The molecule has 0 saturated heterocycles. The summed E-state index contributed by atoms with van der Waals surface area (Å²) in [7, 11) is 1.62. The van der Waals surface area contributed by atoms with Gasteiger partial charge < -0.3 is 4.74 Å². The van der Waals surface area contributed by atoms with Gasteiger partial charge in [-0.15, -0.1) is 5.10 Å². The molecule has 0 atom stereocenters. The zero-order valence-corrected chi connectivity index (χ0v) is 7.90. The number of aromatic nitrogens is 2. The van der Waals surface area contributed by atoms with Crippen molar-refractivity contribution in [2.45, 2.75) is 0 Å². The Hall–Kier alpha value is -1.90. The summed E-state index contributed by atoms with van der Waals surface area (Å²) < 4.78 is 5.22. The van der Waals surface area contributed by atoms with Crippen LogP contribution in [0.3, 0.4) is 0 Å². The normalized spacial score (nSPS) is 10.1. The maximum Gasteiger partial charge on any atom is 0.147 e. The Labute approximate surface area is 82.0 Å². The third-order valence-electron chi connectivity index (χ3n) is 2.06. The van der Waals surface area contributed by atoms with Gasteiger partial charge in [0, 0.05) is 5.39 Å². The predicted octanol–water partition coefficient (Wildman–Crippen LogP) is 2.28. The number of hydrogen-bond donors (Lipinski definition) is 0. The first kappa shape index (κ1) is 8.69. The molecule has 0 saturated carbocycles. The molecular formula is C11H10N2O. The topological polar surface area (TPSA) is 35.0 Å². The summed E-state index contributed by atoms with van der Waals surface area (Å²) in [6.45, 7) is 3.72. The van der Waals surface area contributed by atoms with E-state index in [0.717, 1.165) is 22.2 Å². The van der Waals surface area contributed by atoms with Crippen molar-refractivity contribution in [1.29, 1.82) is 0 Å². The van der Waals surface area contributed by atoms with E-state index in [1.54, 1.807) is 19.4 Å². The zero-order valence-electron chi connectivity index (χ0n) is 7.90. The number of fused-ring (bicyclic) bond motifs is 1. The molecule has 14 heavy (non-hydrogen) atoms. The SMILES string of the molecule is C=Cc1cc(OC)c2nnccc2c1. The second-order valence-electron chi connectivity index (χ2n) is 2.90. The second kappa shape index (κ2) is 3.46. The summed E-state index contributed by atoms with van der Waals surface area (Å²) in [5.41, 5.74) is 1.79. The van der Waals surface area contributed by atoms with Gasteiger partial charge in [0.15, 0.2) is 0 Å². The number of hydrogen-bond acceptors (Lipinski definition) is 3. The molecule has 0 bridgehead atoms. The molecule has 2 rings (SSSR count). The Morgan fingerprint density at radius 1 is 1.43 bits per heavy atom. The molecule has 0 aliphatic carbocycles. The molecule has 3 nitrogen and oxygen atoms in total. The van der Waals surface area contributed by atoms with Crippen molar-refractivity contribution >= 4 is 17.0 Å². The van der Waals surface area contributed by atoms with Crippen LogP contribution in [0, 0.1) is 0 Å². The molecule has 1 heterocycles. The third kappa shape index (κ3) is 1.33. The van der Waals surface area contributed by atoms with E-state index < -0.39 is 0 Å². The highest BCUT2D eigenvalue weighted by molar-refractivity contribution is 5.86. The van der Waals surface area contributed by atoms with Crippen molar-refractivity contribution in [2.75, 3.05) is 7.11 Å². The van der Waals surface area contributed by atoms with Gasteiger partial charge in [-0.05, 0) is 23.8 Å². The van der Waals surface area contributed by atoms with Gasteiger partial charge in [-0.2, -0.15) is 5.10 Å². The fourth-order valence-electron chi connectivity index (χ4n) is 1.36. The van der Waals surface area contributed by atoms with Crippen molar-refractivity contribution in [3.05, 3.63) is 36.5 Å². The fourth-order valence-corrected chi connectivity index (χ4v) is 1.36. The van der Waals surface area contributed by atoms with Gasteiger partial charge in [-0.1, -0.05) is 12.7 Å². The van der Waals surface area contributed by atoms with Crippen molar-refractivity contribution < 1.29 is 4.74 Å². The van der Waals surface area contributed by atoms with Crippen LogP contribution in [0.1, 0.15) is 5.56 Å². The summed E-state index contributed by atoms with van der Waals surface area (Å²) in [6, 6.07) is 5.79. The first-order valence-electron chi connectivity index (χ1n) is 4.27. The average molecular weight is 186 g/mol. The lowest BCUT2D eigenvalue weighted by molar-refractivity contribution is 0.418. The number of benzene rings is 1. The lowest BCUT2D eigenvalue weighted by atomic mass is 10.1. The molecule has 0 aliphatic rings. The Kier molecular flexibility index (Phi) is 2.14. The molecule has 70 valence electrons. The van der Waals surface area contributed by atoms with E-state index in [-0.39, 0.29) is 0 Å². The minimum absolute atomic E-state index is 0.727. The largest absolute Gasteiger partial charge is 0.494 e. The van der Waals surface area contributed by atoms with Crippen LogP contribution in [0.15, 0.2) is 31.0 Å². The van der Waals surface area contributed by atoms with Crippen molar-refractivity contribution in [3.8, 4) is 5.75 Å². The van der Waals surface area contributed by atoms with E-state index >= 15 is 0 Å². The van der Waals surface area contributed by atoms with Crippen LogP contribution in [0.4, 0.5) is 0 Å². The van der Waals surface area contributed by atoms with Crippen molar-refractivity contribution in [2.24, 2.45) is 0 Å². The van der Waals surface area contributed by atoms with Gasteiger partial charge in [-0.25, -0.2) is 0 Å². The second-order valence-corrected chi connectivity index (χ2v) is 2.90. The zero-order chi connectivity index (χ0) is 9.97. The van der Waals surface area contributed by atoms with Gasteiger partial charge in [-0.3, -0.25) is 0 Å². The van der Waals surface area contributed by atoms with Gasteiger partial charge in [0.1, 0.15) is 11.3 Å². The molecular weight excluding hydrogens is 176 g/mol. The van der Waals surface area contributed by atoms with E-state index in [4.69, 9.17) is 4.74 Å². The molecule has 0 amide bonds. The molecule has 3 heteroatoms. The summed E-state index contributed by atoms with van der Waals surface area (Å²) >= 11 is 0. The smallest absolute Gasteiger partial charge is 0.147 e. The highest BCUT2D eigenvalue weighted by Gasteiger charge is 2.03. The number of ether oxygens (including phenoxy) is 1. The summed E-state index contributed by atoms with van der Waals surface area (Å²) in [5.74, 6) is 0.727. The summed E-state index contributed by atoms with van der Waals surface area (Å²) in [5, 5.41) is 8.85. The number of nitrogens with zero attached hydrogens (tertiary/aromatic N) is 2. The van der Waals surface area contributed by atoms with E-state index in [0.29, 0.717) is 0 Å². The lowest BCUT2D eigenvalue weighted by Crippen LogP contribution is -1.90. The van der Waals surface area contributed by atoms with Crippen LogP contribution in [-0.4, -0.2) is 17.3 Å². The summed E-state index contributed by atoms with van der Waals surface area (Å²) in [4.78, 5) is 0. The number of rotatable bonds is 2.